The molecule has 1 aliphatic carbocycles. The molecule has 1 aromatic rings. The van der Waals surface area contributed by atoms with Gasteiger partial charge in [0.25, 0.3) is 0 Å². The number of nitrogens with zero attached hydrogens (tertiary/aromatic N) is 2. The fourth-order valence-corrected chi connectivity index (χ4v) is 3.09. The van der Waals surface area contributed by atoms with Crippen LogP contribution in [0.25, 0.3) is 0 Å². The summed E-state index contributed by atoms with van der Waals surface area (Å²) in [4.78, 5) is 16.1. The summed E-state index contributed by atoms with van der Waals surface area (Å²) in [5.41, 5.74) is -0.755. The summed E-state index contributed by atoms with van der Waals surface area (Å²) in [6.45, 7) is 1.98. The number of hydrogen-bond acceptors (Lipinski definition) is 5. The average Bonchev–Trinajstić information content (AvgIpc) is 2.78. The molecule has 1 saturated carbocycles. The standard InChI is InChI=1S/C15H24N2O4/c1-3-11(20-2)13-16-12(21-17-13)10-15(14(18)19)8-6-4-5-7-9-15/h11H,3-10H2,1-2H3,(H,18,19). The van der Waals surface area contributed by atoms with Gasteiger partial charge >= 0.3 is 5.97 Å². The van der Waals surface area contributed by atoms with E-state index in [-0.39, 0.29) is 6.10 Å². The molecule has 6 heteroatoms. The highest BCUT2D eigenvalue weighted by atomic mass is 16.5. The maximum Gasteiger partial charge on any atom is 0.310 e. The van der Waals surface area contributed by atoms with Crippen LogP contribution in [0.1, 0.15) is 69.7 Å². The van der Waals surface area contributed by atoms with Gasteiger partial charge in [-0.15, -0.1) is 0 Å². The highest BCUT2D eigenvalue weighted by Gasteiger charge is 2.40. The van der Waals surface area contributed by atoms with Gasteiger partial charge in [-0.05, 0) is 19.3 Å². The van der Waals surface area contributed by atoms with Gasteiger partial charge in [-0.3, -0.25) is 4.79 Å². The van der Waals surface area contributed by atoms with Crippen LogP contribution in [0.15, 0.2) is 4.52 Å². The van der Waals surface area contributed by atoms with E-state index in [0.29, 0.717) is 31.0 Å². The van der Waals surface area contributed by atoms with E-state index >= 15 is 0 Å². The SMILES string of the molecule is CCC(OC)c1noc(CC2(C(=O)O)CCCCCC2)n1. The average molecular weight is 296 g/mol. The van der Waals surface area contributed by atoms with E-state index in [1.165, 1.54) is 0 Å². The summed E-state index contributed by atoms with van der Waals surface area (Å²) >= 11 is 0. The molecular formula is C15H24N2O4. The second kappa shape index (κ2) is 7.02. The maximum atomic E-state index is 11.8. The van der Waals surface area contributed by atoms with Crippen molar-refractivity contribution in [3.8, 4) is 0 Å². The minimum Gasteiger partial charge on any atom is -0.481 e. The molecule has 0 aliphatic heterocycles. The molecule has 0 aromatic carbocycles. The summed E-state index contributed by atoms with van der Waals surface area (Å²) in [6.07, 6.45) is 6.33. The number of rotatable bonds is 6. The summed E-state index contributed by atoms with van der Waals surface area (Å²) in [6, 6.07) is 0. The van der Waals surface area contributed by atoms with Gasteiger partial charge in [0.1, 0.15) is 6.10 Å². The number of aliphatic carboxylic acids is 1. The van der Waals surface area contributed by atoms with Crippen LogP contribution >= 0.6 is 0 Å². The minimum absolute atomic E-state index is 0.197. The van der Waals surface area contributed by atoms with E-state index in [2.05, 4.69) is 10.1 Å². The van der Waals surface area contributed by atoms with E-state index in [1.807, 2.05) is 6.92 Å². The van der Waals surface area contributed by atoms with Crippen LogP contribution in [-0.4, -0.2) is 28.3 Å². The molecule has 1 atom stereocenters. The fraction of sp³-hybridized carbons (Fsp3) is 0.800. The van der Waals surface area contributed by atoms with Crippen molar-refractivity contribution in [2.45, 2.75) is 64.4 Å². The van der Waals surface area contributed by atoms with Crippen molar-refractivity contribution in [3.63, 3.8) is 0 Å². The van der Waals surface area contributed by atoms with Crippen LogP contribution in [0, 0.1) is 5.41 Å². The number of carboxylic acids is 1. The molecule has 1 aliphatic rings. The van der Waals surface area contributed by atoms with Crippen LogP contribution in [-0.2, 0) is 16.0 Å². The Morgan fingerprint density at radius 3 is 2.57 bits per heavy atom. The Kier molecular flexibility index (Phi) is 5.33. The topological polar surface area (TPSA) is 85.5 Å². The zero-order valence-electron chi connectivity index (χ0n) is 12.8. The number of carbonyl (C=O) groups is 1. The van der Waals surface area contributed by atoms with Gasteiger partial charge in [-0.2, -0.15) is 4.98 Å². The van der Waals surface area contributed by atoms with E-state index in [1.54, 1.807) is 7.11 Å². The van der Waals surface area contributed by atoms with Crippen molar-refractivity contribution in [1.82, 2.24) is 10.1 Å². The van der Waals surface area contributed by atoms with Crippen LogP contribution in [0.2, 0.25) is 0 Å². The number of ether oxygens (including phenoxy) is 1. The van der Waals surface area contributed by atoms with Gasteiger partial charge in [0.05, 0.1) is 5.41 Å². The highest BCUT2D eigenvalue weighted by Crippen LogP contribution is 2.38. The van der Waals surface area contributed by atoms with Crippen molar-refractivity contribution in [2.75, 3.05) is 7.11 Å². The Bertz CT molecular complexity index is 460. The quantitative estimate of drug-likeness (QED) is 0.812. The maximum absolute atomic E-state index is 11.8. The fourth-order valence-electron chi connectivity index (χ4n) is 3.09. The number of methoxy groups -OCH3 is 1. The van der Waals surface area contributed by atoms with Crippen molar-refractivity contribution >= 4 is 5.97 Å². The Morgan fingerprint density at radius 2 is 2.05 bits per heavy atom. The minimum atomic E-state index is -0.755. The lowest BCUT2D eigenvalue weighted by molar-refractivity contribution is -0.150. The number of aromatic nitrogens is 2. The summed E-state index contributed by atoms with van der Waals surface area (Å²) in [5.74, 6) is 0.164. The van der Waals surface area contributed by atoms with Gasteiger partial charge in [-0.25, -0.2) is 0 Å². The predicted octanol–water partition coefficient (Wildman–Crippen LogP) is 3.13. The second-order valence-electron chi connectivity index (χ2n) is 5.86. The van der Waals surface area contributed by atoms with Crippen LogP contribution in [0.4, 0.5) is 0 Å². The van der Waals surface area contributed by atoms with Crippen molar-refractivity contribution in [1.29, 1.82) is 0 Å². The number of hydrogen-bond donors (Lipinski definition) is 1. The van der Waals surface area contributed by atoms with Crippen molar-refractivity contribution < 1.29 is 19.2 Å². The molecule has 1 heterocycles. The van der Waals surface area contributed by atoms with Crippen LogP contribution < -0.4 is 0 Å². The molecule has 21 heavy (non-hydrogen) atoms. The molecule has 2 rings (SSSR count). The van der Waals surface area contributed by atoms with Crippen LogP contribution in [0.5, 0.6) is 0 Å². The molecule has 1 unspecified atom stereocenters. The highest BCUT2D eigenvalue weighted by molar-refractivity contribution is 5.74. The molecule has 0 amide bonds. The molecular weight excluding hydrogens is 272 g/mol. The Labute approximate surface area is 124 Å². The zero-order chi connectivity index (χ0) is 15.3. The zero-order valence-corrected chi connectivity index (χ0v) is 12.8. The van der Waals surface area contributed by atoms with E-state index in [4.69, 9.17) is 9.26 Å². The molecule has 0 spiro atoms. The molecule has 1 aromatic heterocycles. The molecule has 0 bridgehead atoms. The summed E-state index contributed by atoms with van der Waals surface area (Å²) in [7, 11) is 1.61. The van der Waals surface area contributed by atoms with Gasteiger partial charge < -0.3 is 14.4 Å². The van der Waals surface area contributed by atoms with Gasteiger partial charge in [0, 0.05) is 13.5 Å². The predicted molar refractivity (Wildman–Crippen MR) is 75.8 cm³/mol. The van der Waals surface area contributed by atoms with Crippen LogP contribution in [0.3, 0.4) is 0 Å². The third kappa shape index (κ3) is 3.61. The Morgan fingerprint density at radius 1 is 1.38 bits per heavy atom. The lowest BCUT2D eigenvalue weighted by atomic mass is 9.77. The monoisotopic (exact) mass is 296 g/mol. The Hall–Kier alpha value is -1.43. The van der Waals surface area contributed by atoms with E-state index < -0.39 is 11.4 Å². The Balaban J connectivity index is 2.15. The summed E-state index contributed by atoms with van der Waals surface area (Å²) in [5, 5.41) is 13.6. The third-order valence-electron chi connectivity index (χ3n) is 4.43. The molecule has 0 radical (unpaired) electrons. The van der Waals surface area contributed by atoms with E-state index in [0.717, 1.165) is 32.1 Å². The third-order valence-corrected chi connectivity index (χ3v) is 4.43. The number of carboxylic acid groups (broad SMARTS) is 1. The molecule has 0 saturated heterocycles. The van der Waals surface area contributed by atoms with Crippen molar-refractivity contribution in [2.24, 2.45) is 5.41 Å². The summed E-state index contributed by atoms with van der Waals surface area (Å²) < 4.78 is 10.5. The van der Waals surface area contributed by atoms with Gasteiger partial charge in [0.15, 0.2) is 0 Å². The normalized spacial score (nSPS) is 19.9. The molecule has 1 N–H and O–H groups in total. The first-order chi connectivity index (χ1) is 10.1. The lowest BCUT2D eigenvalue weighted by Gasteiger charge is -2.26. The van der Waals surface area contributed by atoms with Crippen molar-refractivity contribution in [3.05, 3.63) is 11.7 Å². The lowest BCUT2D eigenvalue weighted by Crippen LogP contribution is -2.33. The largest absolute Gasteiger partial charge is 0.481 e. The molecule has 1 fully saturated rings. The molecule has 118 valence electrons. The van der Waals surface area contributed by atoms with Gasteiger partial charge in [-0.1, -0.05) is 37.8 Å². The van der Waals surface area contributed by atoms with E-state index in [9.17, 15) is 9.90 Å². The first-order valence-corrected chi connectivity index (χ1v) is 7.70. The molecule has 6 nitrogen and oxygen atoms in total. The first-order valence-electron chi connectivity index (χ1n) is 7.70. The first kappa shape index (κ1) is 15.9. The van der Waals surface area contributed by atoms with Gasteiger partial charge in [0.2, 0.25) is 11.7 Å². The smallest absolute Gasteiger partial charge is 0.310 e. The second-order valence-corrected chi connectivity index (χ2v) is 5.86.